The fourth-order valence-electron chi connectivity index (χ4n) is 3.14. The van der Waals surface area contributed by atoms with Gasteiger partial charge in [-0.3, -0.25) is 0 Å². The van der Waals surface area contributed by atoms with Gasteiger partial charge in [0.2, 0.25) is 0 Å². The van der Waals surface area contributed by atoms with Crippen molar-refractivity contribution in [1.82, 2.24) is 5.32 Å². The monoisotopic (exact) mass is 261 g/mol. The molecule has 0 unspecified atom stereocenters. The van der Waals surface area contributed by atoms with E-state index in [0.29, 0.717) is 6.10 Å². The van der Waals surface area contributed by atoms with Crippen LogP contribution in [0.1, 0.15) is 31.2 Å². The van der Waals surface area contributed by atoms with Crippen molar-refractivity contribution in [3.8, 4) is 0 Å². The van der Waals surface area contributed by atoms with Crippen LogP contribution in [0.3, 0.4) is 0 Å². The minimum absolute atomic E-state index is 0.0881. The largest absolute Gasteiger partial charge is 0.375 e. The van der Waals surface area contributed by atoms with Crippen LogP contribution in [0.4, 0.5) is 0 Å². The van der Waals surface area contributed by atoms with Crippen molar-refractivity contribution in [2.45, 2.75) is 44.0 Å². The van der Waals surface area contributed by atoms with Crippen LogP contribution >= 0.6 is 0 Å². The summed E-state index contributed by atoms with van der Waals surface area (Å²) in [6, 6.07) is 10.4. The molecule has 0 aliphatic carbocycles. The Balaban J connectivity index is 1.53. The molecule has 2 aliphatic rings. The van der Waals surface area contributed by atoms with E-state index in [1.54, 1.807) is 0 Å². The van der Waals surface area contributed by atoms with Crippen LogP contribution in [0.25, 0.3) is 0 Å². The van der Waals surface area contributed by atoms with Crippen molar-refractivity contribution in [2.75, 3.05) is 19.7 Å². The average Bonchev–Trinajstić information content (AvgIpc) is 2.47. The summed E-state index contributed by atoms with van der Waals surface area (Å²) in [5, 5.41) is 3.41. The summed E-state index contributed by atoms with van der Waals surface area (Å²) in [5.74, 6) is 0. The molecule has 3 nitrogen and oxygen atoms in total. The van der Waals surface area contributed by atoms with Crippen LogP contribution in [-0.4, -0.2) is 31.4 Å². The number of ether oxygens (including phenoxy) is 2. The van der Waals surface area contributed by atoms with Gasteiger partial charge in [-0.05, 0) is 37.9 Å². The molecule has 0 amide bonds. The third kappa shape index (κ3) is 3.35. The predicted molar refractivity (Wildman–Crippen MR) is 75.0 cm³/mol. The van der Waals surface area contributed by atoms with Gasteiger partial charge in [-0.2, -0.15) is 0 Å². The van der Waals surface area contributed by atoms with E-state index in [1.807, 2.05) is 6.07 Å². The molecule has 3 rings (SSSR count). The number of benzene rings is 1. The highest BCUT2D eigenvalue weighted by atomic mass is 16.5. The number of nitrogens with one attached hydrogen (secondary N) is 1. The van der Waals surface area contributed by atoms with E-state index in [-0.39, 0.29) is 5.60 Å². The van der Waals surface area contributed by atoms with Gasteiger partial charge in [0.1, 0.15) is 0 Å². The number of piperidine rings is 1. The fraction of sp³-hybridized carbons (Fsp3) is 0.625. The van der Waals surface area contributed by atoms with E-state index >= 15 is 0 Å². The van der Waals surface area contributed by atoms with Crippen LogP contribution in [-0.2, 0) is 16.1 Å². The second-order valence-electron chi connectivity index (χ2n) is 5.69. The van der Waals surface area contributed by atoms with Gasteiger partial charge in [0.05, 0.1) is 18.3 Å². The van der Waals surface area contributed by atoms with Crippen LogP contribution in [0.5, 0.6) is 0 Å². The van der Waals surface area contributed by atoms with E-state index in [1.165, 1.54) is 5.56 Å². The Bertz CT molecular complexity index is 381. The molecule has 2 fully saturated rings. The van der Waals surface area contributed by atoms with Gasteiger partial charge in [0.15, 0.2) is 0 Å². The Morgan fingerprint density at radius 2 is 2.00 bits per heavy atom. The summed E-state index contributed by atoms with van der Waals surface area (Å²) in [7, 11) is 0. The van der Waals surface area contributed by atoms with Crippen LogP contribution in [0.2, 0.25) is 0 Å². The second-order valence-corrected chi connectivity index (χ2v) is 5.69. The van der Waals surface area contributed by atoms with Crippen molar-refractivity contribution in [1.29, 1.82) is 0 Å². The molecule has 2 heterocycles. The number of hydrogen-bond acceptors (Lipinski definition) is 3. The Morgan fingerprint density at radius 1 is 1.21 bits per heavy atom. The first-order valence-corrected chi connectivity index (χ1v) is 7.37. The van der Waals surface area contributed by atoms with E-state index in [4.69, 9.17) is 9.47 Å². The quantitative estimate of drug-likeness (QED) is 0.907. The van der Waals surface area contributed by atoms with Crippen molar-refractivity contribution >= 4 is 0 Å². The molecule has 1 aromatic rings. The summed E-state index contributed by atoms with van der Waals surface area (Å²) in [5.41, 5.74) is 1.35. The summed E-state index contributed by atoms with van der Waals surface area (Å²) < 4.78 is 12.2. The van der Waals surface area contributed by atoms with Crippen molar-refractivity contribution in [3.05, 3.63) is 35.9 Å². The lowest BCUT2D eigenvalue weighted by Crippen LogP contribution is -2.49. The minimum atomic E-state index is 0.0881. The molecule has 0 radical (unpaired) electrons. The minimum Gasteiger partial charge on any atom is -0.375 e. The lowest BCUT2D eigenvalue weighted by Gasteiger charge is -2.43. The Morgan fingerprint density at radius 3 is 2.79 bits per heavy atom. The van der Waals surface area contributed by atoms with Gasteiger partial charge in [0, 0.05) is 13.0 Å². The van der Waals surface area contributed by atoms with E-state index in [2.05, 4.69) is 29.6 Å². The van der Waals surface area contributed by atoms with Crippen molar-refractivity contribution in [2.24, 2.45) is 0 Å². The first-order chi connectivity index (χ1) is 9.36. The first kappa shape index (κ1) is 13.1. The summed E-state index contributed by atoms with van der Waals surface area (Å²) >= 11 is 0. The van der Waals surface area contributed by atoms with Gasteiger partial charge < -0.3 is 14.8 Å². The summed E-state index contributed by atoms with van der Waals surface area (Å²) in [6.45, 7) is 3.72. The van der Waals surface area contributed by atoms with Crippen LogP contribution in [0, 0.1) is 0 Å². The van der Waals surface area contributed by atoms with E-state index < -0.39 is 0 Å². The highest BCUT2D eigenvalue weighted by Gasteiger charge is 2.38. The maximum atomic E-state index is 6.10. The maximum absolute atomic E-state index is 6.10. The highest BCUT2D eigenvalue weighted by Crippen LogP contribution is 2.34. The SMILES string of the molecule is c1ccc(CO[C@H]2CCOC3(CCNCC3)C2)cc1. The van der Waals surface area contributed by atoms with E-state index in [0.717, 1.165) is 52.0 Å². The van der Waals surface area contributed by atoms with Crippen molar-refractivity contribution < 1.29 is 9.47 Å². The van der Waals surface area contributed by atoms with Gasteiger partial charge in [-0.25, -0.2) is 0 Å². The smallest absolute Gasteiger partial charge is 0.0731 e. The number of hydrogen-bond donors (Lipinski definition) is 1. The molecular weight excluding hydrogens is 238 g/mol. The molecule has 1 spiro atoms. The molecule has 1 aromatic carbocycles. The zero-order valence-electron chi connectivity index (χ0n) is 11.4. The molecule has 0 bridgehead atoms. The number of rotatable bonds is 3. The van der Waals surface area contributed by atoms with Gasteiger partial charge >= 0.3 is 0 Å². The van der Waals surface area contributed by atoms with Gasteiger partial charge in [-0.15, -0.1) is 0 Å². The normalized spacial score (nSPS) is 26.4. The third-order valence-electron chi connectivity index (χ3n) is 4.29. The van der Waals surface area contributed by atoms with E-state index in [9.17, 15) is 0 Å². The summed E-state index contributed by atoms with van der Waals surface area (Å²) in [6.07, 6.45) is 4.69. The molecule has 0 saturated carbocycles. The Kier molecular flexibility index (Phi) is 4.16. The average molecular weight is 261 g/mol. The molecule has 2 saturated heterocycles. The van der Waals surface area contributed by atoms with Crippen LogP contribution < -0.4 is 5.32 Å². The standard InChI is InChI=1S/C16H23NO2/c1-2-4-14(5-3-1)13-18-15-6-11-19-16(12-15)7-9-17-10-8-16/h1-5,15,17H,6-13H2/t15-/m0/s1. The fourth-order valence-corrected chi connectivity index (χ4v) is 3.14. The molecule has 1 atom stereocenters. The summed E-state index contributed by atoms with van der Waals surface area (Å²) in [4.78, 5) is 0. The molecule has 2 aliphatic heterocycles. The molecule has 104 valence electrons. The Labute approximate surface area is 115 Å². The molecule has 1 N–H and O–H groups in total. The third-order valence-corrected chi connectivity index (χ3v) is 4.29. The highest BCUT2D eigenvalue weighted by molar-refractivity contribution is 5.13. The van der Waals surface area contributed by atoms with Gasteiger partial charge in [-0.1, -0.05) is 30.3 Å². The predicted octanol–water partition coefficient (Wildman–Crippen LogP) is 2.50. The van der Waals surface area contributed by atoms with Gasteiger partial charge in [0.25, 0.3) is 0 Å². The zero-order chi connectivity index (χ0) is 13.0. The molecular formula is C16H23NO2. The maximum Gasteiger partial charge on any atom is 0.0731 e. The first-order valence-electron chi connectivity index (χ1n) is 7.37. The lowest BCUT2D eigenvalue weighted by atomic mass is 9.84. The molecule has 19 heavy (non-hydrogen) atoms. The zero-order valence-corrected chi connectivity index (χ0v) is 11.4. The van der Waals surface area contributed by atoms with Crippen molar-refractivity contribution in [3.63, 3.8) is 0 Å². The topological polar surface area (TPSA) is 30.5 Å². The lowest BCUT2D eigenvalue weighted by molar-refractivity contribution is -0.148. The molecule has 3 heteroatoms. The Hall–Kier alpha value is -0.900. The van der Waals surface area contributed by atoms with Crippen LogP contribution in [0.15, 0.2) is 30.3 Å². The molecule has 0 aromatic heterocycles. The second kappa shape index (κ2) is 6.04.